The van der Waals surface area contributed by atoms with Gasteiger partial charge in [-0.25, -0.2) is 0 Å². The molecule has 0 N–H and O–H groups in total. The van der Waals surface area contributed by atoms with Gasteiger partial charge >= 0.3 is 0 Å². The van der Waals surface area contributed by atoms with Gasteiger partial charge in [0.25, 0.3) is 0 Å². The largest absolute Gasteiger partial charge is 0.364 e. The fraction of sp³-hybridized carbons (Fsp3) is 0.462. The molecule has 2 rings (SSSR count). The van der Waals surface area contributed by atoms with E-state index < -0.39 is 0 Å². The second kappa shape index (κ2) is 3.69. The van der Waals surface area contributed by atoms with Crippen molar-refractivity contribution in [1.82, 2.24) is 0 Å². The highest BCUT2D eigenvalue weighted by molar-refractivity contribution is 5.91. The summed E-state index contributed by atoms with van der Waals surface area (Å²) in [6.45, 7) is 3.94. The van der Waals surface area contributed by atoms with Gasteiger partial charge in [-0.15, -0.1) is 0 Å². The summed E-state index contributed by atoms with van der Waals surface area (Å²) in [5.41, 5.74) is 2.50. The van der Waals surface area contributed by atoms with Crippen molar-refractivity contribution in [2.45, 2.75) is 26.3 Å². The average molecular weight is 203 g/mol. The minimum absolute atomic E-state index is 0.0439. The molecule has 1 unspecified atom stereocenters. The molecule has 1 aliphatic rings. The van der Waals surface area contributed by atoms with Gasteiger partial charge in [0.05, 0.1) is 6.04 Å². The smallest absolute Gasteiger partial charge is 0.158 e. The number of Topliss-reactive ketones (excluding diaryl/α,β-unsaturated/α-hetero) is 1. The SMILES string of the molecule is CC(C)C(=O)C1Cc2ccccc2N1C. The standard InChI is InChI=1S/C13H17NO/c1-9(2)13(15)12-8-10-6-4-5-7-11(10)14(12)3/h4-7,9,12H,8H2,1-3H3. The van der Waals surface area contributed by atoms with Gasteiger partial charge in [-0.2, -0.15) is 0 Å². The summed E-state index contributed by atoms with van der Waals surface area (Å²) in [7, 11) is 2.01. The third kappa shape index (κ3) is 1.65. The normalized spacial score (nSPS) is 19.5. The van der Waals surface area contributed by atoms with Crippen LogP contribution in [0.15, 0.2) is 24.3 Å². The number of carbonyl (C=O) groups excluding carboxylic acids is 1. The molecular formula is C13H17NO. The first-order chi connectivity index (χ1) is 7.11. The van der Waals surface area contributed by atoms with Crippen molar-refractivity contribution in [1.29, 1.82) is 0 Å². The third-order valence-electron chi connectivity index (χ3n) is 3.15. The van der Waals surface area contributed by atoms with Crippen LogP contribution in [0.3, 0.4) is 0 Å². The van der Waals surface area contributed by atoms with Crippen molar-refractivity contribution in [2.24, 2.45) is 5.92 Å². The van der Waals surface area contributed by atoms with E-state index >= 15 is 0 Å². The summed E-state index contributed by atoms with van der Waals surface area (Å²) in [4.78, 5) is 14.1. The van der Waals surface area contributed by atoms with Crippen molar-refractivity contribution in [2.75, 3.05) is 11.9 Å². The van der Waals surface area contributed by atoms with Crippen molar-refractivity contribution < 1.29 is 4.79 Å². The van der Waals surface area contributed by atoms with Gasteiger partial charge in [-0.3, -0.25) is 4.79 Å². The van der Waals surface area contributed by atoms with Gasteiger partial charge in [-0.05, 0) is 11.6 Å². The lowest BCUT2D eigenvalue weighted by molar-refractivity contribution is -0.123. The molecule has 80 valence electrons. The van der Waals surface area contributed by atoms with Crippen LogP contribution >= 0.6 is 0 Å². The molecule has 0 aliphatic carbocycles. The lowest BCUT2D eigenvalue weighted by atomic mass is 9.99. The van der Waals surface area contributed by atoms with Crippen LogP contribution in [0, 0.1) is 5.92 Å². The van der Waals surface area contributed by atoms with Crippen molar-refractivity contribution >= 4 is 11.5 Å². The Balaban J connectivity index is 2.27. The predicted molar refractivity (Wildman–Crippen MR) is 62.2 cm³/mol. The predicted octanol–water partition coefficient (Wildman–Crippen LogP) is 2.27. The summed E-state index contributed by atoms with van der Waals surface area (Å²) in [6, 6.07) is 8.30. The maximum atomic E-state index is 12.0. The molecule has 0 amide bonds. The van der Waals surface area contributed by atoms with Crippen molar-refractivity contribution in [3.05, 3.63) is 29.8 Å². The van der Waals surface area contributed by atoms with Gasteiger partial charge in [0.2, 0.25) is 0 Å². The molecule has 0 saturated heterocycles. The number of hydrogen-bond acceptors (Lipinski definition) is 2. The van der Waals surface area contributed by atoms with Crippen LogP contribution in [-0.2, 0) is 11.2 Å². The van der Waals surface area contributed by atoms with Crippen LogP contribution in [0.25, 0.3) is 0 Å². The van der Waals surface area contributed by atoms with E-state index in [4.69, 9.17) is 0 Å². The molecule has 0 radical (unpaired) electrons. The molecule has 0 fully saturated rings. The van der Waals surface area contributed by atoms with Crippen molar-refractivity contribution in [3.8, 4) is 0 Å². The summed E-state index contributed by atoms with van der Waals surface area (Å²) in [6.07, 6.45) is 0.865. The number of benzene rings is 1. The molecule has 2 heteroatoms. The lowest BCUT2D eigenvalue weighted by Crippen LogP contribution is -2.38. The van der Waals surface area contributed by atoms with Crippen LogP contribution in [0.2, 0.25) is 0 Å². The quantitative estimate of drug-likeness (QED) is 0.735. The topological polar surface area (TPSA) is 20.3 Å². The Labute approximate surface area is 90.9 Å². The molecule has 2 nitrogen and oxygen atoms in total. The summed E-state index contributed by atoms with van der Waals surface area (Å²) in [5, 5.41) is 0. The number of ketones is 1. The minimum Gasteiger partial charge on any atom is -0.364 e. The molecule has 15 heavy (non-hydrogen) atoms. The number of likely N-dealkylation sites (N-methyl/N-ethyl adjacent to an activating group) is 1. The first kappa shape index (κ1) is 10.2. The van der Waals surface area contributed by atoms with Crippen LogP contribution in [0.1, 0.15) is 19.4 Å². The lowest BCUT2D eigenvalue weighted by Gasteiger charge is -2.22. The summed E-state index contributed by atoms with van der Waals surface area (Å²) < 4.78 is 0. The zero-order valence-electron chi connectivity index (χ0n) is 9.53. The van der Waals surface area contributed by atoms with E-state index in [0.717, 1.165) is 6.42 Å². The highest BCUT2D eigenvalue weighted by Crippen LogP contribution is 2.31. The highest BCUT2D eigenvalue weighted by atomic mass is 16.1. The Bertz CT molecular complexity index is 384. The molecule has 0 saturated carbocycles. The molecule has 0 bridgehead atoms. The second-order valence-corrected chi connectivity index (χ2v) is 4.52. The highest BCUT2D eigenvalue weighted by Gasteiger charge is 2.32. The van der Waals surface area contributed by atoms with E-state index in [9.17, 15) is 4.79 Å². The molecule has 1 aliphatic heterocycles. The molecule has 1 aromatic rings. The van der Waals surface area contributed by atoms with Crippen LogP contribution in [0.5, 0.6) is 0 Å². The number of anilines is 1. The number of rotatable bonds is 2. The number of carbonyl (C=O) groups is 1. The monoisotopic (exact) mass is 203 g/mol. The summed E-state index contributed by atoms with van der Waals surface area (Å²) >= 11 is 0. The van der Waals surface area contributed by atoms with Gasteiger partial charge in [0.15, 0.2) is 5.78 Å². The maximum Gasteiger partial charge on any atom is 0.158 e. The Morgan fingerprint density at radius 2 is 2.07 bits per heavy atom. The molecular weight excluding hydrogens is 186 g/mol. The Morgan fingerprint density at radius 3 is 2.67 bits per heavy atom. The van der Waals surface area contributed by atoms with Crippen LogP contribution < -0.4 is 4.90 Å². The molecule has 0 spiro atoms. The molecule has 1 heterocycles. The van der Waals surface area contributed by atoms with E-state index in [-0.39, 0.29) is 12.0 Å². The number of fused-ring (bicyclic) bond motifs is 1. The minimum atomic E-state index is 0.0439. The zero-order chi connectivity index (χ0) is 11.0. The summed E-state index contributed by atoms with van der Waals surface area (Å²) in [5.74, 6) is 0.459. The Morgan fingerprint density at radius 1 is 1.40 bits per heavy atom. The van der Waals surface area contributed by atoms with E-state index in [2.05, 4.69) is 17.0 Å². The van der Waals surface area contributed by atoms with Crippen molar-refractivity contribution in [3.63, 3.8) is 0 Å². The average Bonchev–Trinajstić information content (AvgIpc) is 2.56. The second-order valence-electron chi connectivity index (χ2n) is 4.52. The Hall–Kier alpha value is -1.31. The molecule has 1 aromatic carbocycles. The Kier molecular flexibility index (Phi) is 2.51. The van der Waals surface area contributed by atoms with Gasteiger partial charge in [0, 0.05) is 25.1 Å². The number of nitrogens with zero attached hydrogens (tertiary/aromatic N) is 1. The van der Waals surface area contributed by atoms with Gasteiger partial charge < -0.3 is 4.90 Å². The van der Waals surface area contributed by atoms with Gasteiger partial charge in [0.1, 0.15) is 0 Å². The zero-order valence-corrected chi connectivity index (χ0v) is 9.53. The first-order valence-electron chi connectivity index (χ1n) is 5.45. The molecule has 1 atom stereocenters. The van der Waals surface area contributed by atoms with Gasteiger partial charge in [-0.1, -0.05) is 32.0 Å². The fourth-order valence-corrected chi connectivity index (χ4v) is 2.22. The molecule has 0 aromatic heterocycles. The van der Waals surface area contributed by atoms with Crippen LogP contribution in [-0.4, -0.2) is 18.9 Å². The fourth-order valence-electron chi connectivity index (χ4n) is 2.22. The van der Waals surface area contributed by atoms with E-state index in [1.54, 1.807) is 0 Å². The number of hydrogen-bond donors (Lipinski definition) is 0. The maximum absolute atomic E-state index is 12.0. The number of para-hydroxylation sites is 1. The van der Waals surface area contributed by atoms with E-state index in [1.165, 1.54) is 11.3 Å². The van der Waals surface area contributed by atoms with E-state index in [1.807, 2.05) is 33.0 Å². The first-order valence-corrected chi connectivity index (χ1v) is 5.45. The third-order valence-corrected chi connectivity index (χ3v) is 3.15. The van der Waals surface area contributed by atoms with E-state index in [0.29, 0.717) is 5.78 Å². The van der Waals surface area contributed by atoms with Crippen LogP contribution in [0.4, 0.5) is 5.69 Å².